The van der Waals surface area contributed by atoms with Crippen LogP contribution in [-0.4, -0.2) is 11.1 Å². The topological polar surface area (TPSA) is 55.2 Å². The summed E-state index contributed by atoms with van der Waals surface area (Å²) < 4.78 is 0. The summed E-state index contributed by atoms with van der Waals surface area (Å²) in [6, 6.07) is 9.55. The molecule has 0 spiro atoms. The van der Waals surface area contributed by atoms with Gasteiger partial charge in [-0.1, -0.05) is 30.3 Å². The Balaban J connectivity index is 0.00000169. The first-order valence-corrected chi connectivity index (χ1v) is 4.13. The Bertz CT molecular complexity index is 279. The molecule has 0 aromatic heterocycles. The van der Waals surface area contributed by atoms with Crippen molar-refractivity contribution in [3.63, 3.8) is 0 Å². The van der Waals surface area contributed by atoms with Gasteiger partial charge in [-0.15, -0.1) is 17.8 Å². The summed E-state index contributed by atoms with van der Waals surface area (Å²) in [6.45, 7) is 1.79. The Kier molecular flexibility index (Phi) is 5.64. The van der Waals surface area contributed by atoms with E-state index in [0.717, 1.165) is 5.56 Å². The lowest BCUT2D eigenvalue weighted by atomic mass is 10.1. The molecule has 4 nitrogen and oxygen atoms in total. The number of hydrogen-bond donors (Lipinski definition) is 1. The maximum absolute atomic E-state index is 10.1. The predicted octanol–water partition coefficient (Wildman–Crippen LogP) is 1.82. The molecule has 0 radical (unpaired) electrons. The first-order chi connectivity index (χ1) is 6.18. The fourth-order valence-electron chi connectivity index (χ4n) is 1.19. The van der Waals surface area contributed by atoms with Crippen LogP contribution < -0.4 is 5.43 Å². The quantitative estimate of drug-likeness (QED) is 0.617. The van der Waals surface area contributed by atoms with Crippen LogP contribution in [0, 0.1) is 10.1 Å². The molecule has 5 heteroatoms. The summed E-state index contributed by atoms with van der Waals surface area (Å²) in [6.07, 6.45) is 0.668. The number of nitrogens with zero attached hydrogens (tertiary/aromatic N) is 1. The third kappa shape index (κ3) is 4.67. The maximum atomic E-state index is 10.1. The van der Waals surface area contributed by atoms with E-state index in [1.54, 1.807) is 6.92 Å². The van der Waals surface area contributed by atoms with Crippen molar-refractivity contribution in [1.82, 2.24) is 5.43 Å². The normalized spacial score (nSPS) is 11.2. The number of benzene rings is 1. The summed E-state index contributed by atoms with van der Waals surface area (Å²) in [5.74, 6) is 0. The van der Waals surface area contributed by atoms with Gasteiger partial charge in [0.1, 0.15) is 0 Å². The monoisotopic (exact) mass is 216 g/mol. The zero-order valence-electron chi connectivity index (χ0n) is 7.84. The number of nitrogens with one attached hydrogen (secondary N) is 1. The lowest BCUT2D eigenvalue weighted by molar-refractivity contribution is -0.550. The second kappa shape index (κ2) is 6.21. The van der Waals surface area contributed by atoms with E-state index < -0.39 is 5.03 Å². The summed E-state index contributed by atoms with van der Waals surface area (Å²) >= 11 is 0. The number of rotatable bonds is 4. The molecule has 1 rings (SSSR count). The lowest BCUT2D eigenvalue weighted by Gasteiger charge is -2.07. The van der Waals surface area contributed by atoms with E-state index in [2.05, 4.69) is 5.43 Å². The van der Waals surface area contributed by atoms with Crippen LogP contribution in [0.25, 0.3) is 0 Å². The van der Waals surface area contributed by atoms with Crippen molar-refractivity contribution in [1.29, 1.82) is 0 Å². The molecule has 78 valence electrons. The van der Waals surface area contributed by atoms with E-state index in [1.807, 2.05) is 30.3 Å². The fraction of sp³-hybridized carbons (Fsp3) is 0.333. The van der Waals surface area contributed by atoms with Crippen molar-refractivity contribution in [3.8, 4) is 0 Å². The number of hydrazine groups is 1. The minimum Gasteiger partial charge on any atom is -0.235 e. The molecule has 1 atom stereocenters. The van der Waals surface area contributed by atoms with Gasteiger partial charge in [-0.25, -0.2) is 10.1 Å². The summed E-state index contributed by atoms with van der Waals surface area (Å²) in [7, 11) is 0. The van der Waals surface area contributed by atoms with Gasteiger partial charge in [0.15, 0.2) is 5.03 Å². The average Bonchev–Trinajstić information content (AvgIpc) is 2.04. The largest absolute Gasteiger partial charge is 0.235 e. The molecular weight excluding hydrogens is 204 g/mol. The van der Waals surface area contributed by atoms with E-state index in [4.69, 9.17) is 0 Å². The van der Waals surface area contributed by atoms with Gasteiger partial charge in [0.25, 0.3) is 0 Å². The van der Waals surface area contributed by atoms with Crippen molar-refractivity contribution in [2.75, 3.05) is 0 Å². The third-order valence-electron chi connectivity index (χ3n) is 1.71. The second-order valence-electron chi connectivity index (χ2n) is 2.98. The highest BCUT2D eigenvalue weighted by molar-refractivity contribution is 5.85. The van der Waals surface area contributed by atoms with Crippen LogP contribution >= 0.6 is 12.4 Å². The van der Waals surface area contributed by atoms with E-state index in [-0.39, 0.29) is 18.4 Å². The number of halogens is 1. The van der Waals surface area contributed by atoms with Crippen LogP contribution in [0.1, 0.15) is 12.5 Å². The molecule has 1 N–H and O–H groups in total. The van der Waals surface area contributed by atoms with Crippen LogP contribution in [0.5, 0.6) is 0 Å². The van der Waals surface area contributed by atoms with Gasteiger partial charge in [0.2, 0.25) is 0 Å². The smallest absolute Gasteiger partial charge is 0.157 e. The minimum absolute atomic E-state index is 0. The zero-order valence-corrected chi connectivity index (χ0v) is 8.66. The average molecular weight is 217 g/mol. The van der Waals surface area contributed by atoms with Crippen LogP contribution in [0.2, 0.25) is 0 Å². The van der Waals surface area contributed by atoms with Crippen molar-refractivity contribution in [3.05, 3.63) is 46.0 Å². The van der Waals surface area contributed by atoms with Crippen molar-refractivity contribution >= 4 is 12.4 Å². The SMILES string of the molecule is CC(Cc1ccccc1)N[N+](=O)[O-].Cl. The van der Waals surface area contributed by atoms with Gasteiger partial charge in [-0.05, 0) is 18.9 Å². The van der Waals surface area contributed by atoms with Gasteiger partial charge in [0, 0.05) is 0 Å². The molecule has 0 amide bonds. The first-order valence-electron chi connectivity index (χ1n) is 4.13. The standard InChI is InChI=1S/C9H12N2O2.ClH/c1-8(10-11(12)13)7-9-5-3-2-4-6-9;/h2-6,8,10H,7H2,1H3;1H. The molecule has 0 aliphatic heterocycles. The molecule has 0 aliphatic carbocycles. The Morgan fingerprint density at radius 3 is 2.50 bits per heavy atom. The van der Waals surface area contributed by atoms with Gasteiger partial charge in [-0.2, -0.15) is 0 Å². The molecule has 0 bridgehead atoms. The Labute approximate surface area is 88.9 Å². The molecule has 14 heavy (non-hydrogen) atoms. The number of hydrogen-bond acceptors (Lipinski definition) is 2. The molecule has 0 heterocycles. The molecule has 0 saturated carbocycles. The van der Waals surface area contributed by atoms with Gasteiger partial charge >= 0.3 is 0 Å². The van der Waals surface area contributed by atoms with Gasteiger partial charge in [0.05, 0.1) is 6.04 Å². The fourth-order valence-corrected chi connectivity index (χ4v) is 1.19. The molecule has 0 saturated heterocycles. The highest BCUT2D eigenvalue weighted by Crippen LogP contribution is 2.02. The van der Waals surface area contributed by atoms with Gasteiger partial charge in [-0.3, -0.25) is 0 Å². The van der Waals surface area contributed by atoms with Crippen LogP contribution in [-0.2, 0) is 6.42 Å². The van der Waals surface area contributed by atoms with E-state index in [0.29, 0.717) is 6.42 Å². The molecule has 0 aliphatic rings. The van der Waals surface area contributed by atoms with E-state index in [1.165, 1.54) is 0 Å². The number of nitro groups is 1. The molecule has 1 aromatic carbocycles. The van der Waals surface area contributed by atoms with Crippen molar-refractivity contribution in [2.24, 2.45) is 0 Å². The minimum atomic E-state index is -0.506. The molecule has 1 aromatic rings. The summed E-state index contributed by atoms with van der Waals surface area (Å²) in [4.78, 5) is 10.1. The predicted molar refractivity (Wildman–Crippen MR) is 57.0 cm³/mol. The first kappa shape index (κ1) is 12.7. The van der Waals surface area contributed by atoms with E-state index >= 15 is 0 Å². The summed E-state index contributed by atoms with van der Waals surface area (Å²) in [5.41, 5.74) is 3.31. The maximum Gasteiger partial charge on any atom is 0.157 e. The van der Waals surface area contributed by atoms with E-state index in [9.17, 15) is 10.1 Å². The lowest BCUT2D eigenvalue weighted by Crippen LogP contribution is -2.33. The third-order valence-corrected chi connectivity index (χ3v) is 1.71. The Morgan fingerprint density at radius 2 is 2.00 bits per heavy atom. The molecule has 1 unspecified atom stereocenters. The van der Waals surface area contributed by atoms with Crippen LogP contribution in [0.4, 0.5) is 0 Å². The zero-order chi connectivity index (χ0) is 9.68. The van der Waals surface area contributed by atoms with Crippen molar-refractivity contribution in [2.45, 2.75) is 19.4 Å². The van der Waals surface area contributed by atoms with Crippen LogP contribution in [0.15, 0.2) is 30.3 Å². The van der Waals surface area contributed by atoms with Crippen molar-refractivity contribution < 1.29 is 5.03 Å². The Hall–Kier alpha value is -1.29. The Morgan fingerprint density at radius 1 is 1.43 bits per heavy atom. The summed E-state index contributed by atoms with van der Waals surface area (Å²) in [5, 5.41) is 9.59. The molecular formula is C9H13ClN2O2. The second-order valence-corrected chi connectivity index (χ2v) is 2.98. The van der Waals surface area contributed by atoms with Crippen LogP contribution in [0.3, 0.4) is 0 Å². The molecule has 0 fully saturated rings. The van der Waals surface area contributed by atoms with Gasteiger partial charge < -0.3 is 0 Å². The highest BCUT2D eigenvalue weighted by Gasteiger charge is 2.06. The highest BCUT2D eigenvalue weighted by atomic mass is 35.5.